The molecule has 0 aliphatic heterocycles. The predicted molar refractivity (Wildman–Crippen MR) is 116 cm³/mol. The predicted octanol–water partition coefficient (Wildman–Crippen LogP) is 5.42. The number of nitrogens with one attached hydrogen (secondary N) is 1. The zero-order valence-corrected chi connectivity index (χ0v) is 17.7. The van der Waals surface area contributed by atoms with Crippen molar-refractivity contribution in [1.29, 1.82) is 0 Å². The highest BCUT2D eigenvalue weighted by Crippen LogP contribution is 2.61. The summed E-state index contributed by atoms with van der Waals surface area (Å²) in [6.07, 6.45) is 7.76. The van der Waals surface area contributed by atoms with Gasteiger partial charge in [0.15, 0.2) is 0 Å². The molecule has 154 valence electrons. The summed E-state index contributed by atoms with van der Waals surface area (Å²) in [5.74, 6) is 3.73. The van der Waals surface area contributed by atoms with E-state index in [2.05, 4.69) is 36.5 Å². The molecular weight excluding hydrogens is 358 g/mol. The largest absolute Gasteiger partial charge is 0.508 e. The van der Waals surface area contributed by atoms with E-state index in [1.807, 2.05) is 12.1 Å². The van der Waals surface area contributed by atoms with Gasteiger partial charge >= 0.3 is 0 Å². The second kappa shape index (κ2) is 7.36. The Balaban J connectivity index is 1.33. The van der Waals surface area contributed by atoms with Crippen LogP contribution in [0.25, 0.3) is 0 Å². The number of ether oxygens (including phenoxy) is 1. The molecule has 5 rings (SSSR count). The van der Waals surface area contributed by atoms with Crippen LogP contribution in [0.3, 0.4) is 0 Å². The van der Waals surface area contributed by atoms with Gasteiger partial charge in [0.05, 0.1) is 7.11 Å². The Morgan fingerprint density at radius 2 is 2.00 bits per heavy atom. The van der Waals surface area contributed by atoms with Crippen LogP contribution in [0.4, 0.5) is 0 Å². The standard InChI is InChI=1S/C26H33NO2/c1-26-13-12-22-21-9-7-20(29-2)15-18(21)6-8-23(22)24(26)10-11-25(26)27-16-17-4-3-5-19(28)14-17/h3-5,7,9,14-15,22-25,27-28H,6,8,10-13,16H2,1-2H3/t22-,23-,24+,25+,26+/m1/s1. The molecule has 2 aromatic rings. The van der Waals surface area contributed by atoms with Crippen molar-refractivity contribution < 1.29 is 9.84 Å². The number of hydrogen-bond acceptors (Lipinski definition) is 3. The van der Waals surface area contributed by atoms with Crippen LogP contribution in [0.5, 0.6) is 11.5 Å². The van der Waals surface area contributed by atoms with E-state index in [0.717, 1.165) is 30.0 Å². The monoisotopic (exact) mass is 391 g/mol. The number of aryl methyl sites for hydroxylation is 1. The van der Waals surface area contributed by atoms with Gasteiger partial charge in [-0.15, -0.1) is 0 Å². The fourth-order valence-electron chi connectivity index (χ4n) is 6.93. The quantitative estimate of drug-likeness (QED) is 0.732. The lowest BCUT2D eigenvalue weighted by Gasteiger charge is -2.51. The number of methoxy groups -OCH3 is 1. The summed E-state index contributed by atoms with van der Waals surface area (Å²) in [5.41, 5.74) is 4.68. The molecule has 3 nitrogen and oxygen atoms in total. The van der Waals surface area contributed by atoms with Gasteiger partial charge in [0.2, 0.25) is 0 Å². The highest BCUT2D eigenvalue weighted by molar-refractivity contribution is 5.40. The summed E-state index contributed by atoms with van der Waals surface area (Å²) >= 11 is 0. The molecule has 0 saturated heterocycles. The molecule has 0 spiro atoms. The van der Waals surface area contributed by atoms with E-state index in [1.165, 1.54) is 49.7 Å². The SMILES string of the molecule is COc1ccc2c(c1)CC[C@@H]1[C@@H]2CC[C@]2(C)[C@@H](NCc3cccc(O)c3)CC[C@@H]12. The van der Waals surface area contributed by atoms with Gasteiger partial charge in [0.1, 0.15) is 11.5 Å². The highest BCUT2D eigenvalue weighted by atomic mass is 16.5. The zero-order chi connectivity index (χ0) is 20.0. The molecule has 5 atom stereocenters. The lowest BCUT2D eigenvalue weighted by Crippen LogP contribution is -2.48. The van der Waals surface area contributed by atoms with Gasteiger partial charge in [-0.05, 0) is 103 Å². The first-order valence-electron chi connectivity index (χ1n) is 11.3. The van der Waals surface area contributed by atoms with E-state index in [0.29, 0.717) is 17.2 Å². The molecule has 0 unspecified atom stereocenters. The van der Waals surface area contributed by atoms with E-state index in [-0.39, 0.29) is 0 Å². The van der Waals surface area contributed by atoms with Crippen molar-refractivity contribution in [2.24, 2.45) is 17.3 Å². The molecule has 29 heavy (non-hydrogen) atoms. The Hall–Kier alpha value is -2.00. The molecule has 0 radical (unpaired) electrons. The van der Waals surface area contributed by atoms with Crippen LogP contribution < -0.4 is 10.1 Å². The Labute approximate surface area is 174 Å². The van der Waals surface area contributed by atoms with Gasteiger partial charge in [0.25, 0.3) is 0 Å². The van der Waals surface area contributed by atoms with Crippen LogP contribution in [-0.2, 0) is 13.0 Å². The van der Waals surface area contributed by atoms with Crippen molar-refractivity contribution in [3.63, 3.8) is 0 Å². The topological polar surface area (TPSA) is 41.5 Å². The zero-order valence-electron chi connectivity index (χ0n) is 17.7. The van der Waals surface area contributed by atoms with Gasteiger partial charge in [0, 0.05) is 12.6 Å². The van der Waals surface area contributed by atoms with Gasteiger partial charge in [-0.2, -0.15) is 0 Å². The van der Waals surface area contributed by atoms with Crippen molar-refractivity contribution in [2.75, 3.05) is 7.11 Å². The van der Waals surface area contributed by atoms with Crippen LogP contribution in [-0.4, -0.2) is 18.3 Å². The summed E-state index contributed by atoms with van der Waals surface area (Å²) in [5, 5.41) is 13.6. The second-order valence-corrected chi connectivity index (χ2v) is 9.71. The van der Waals surface area contributed by atoms with E-state index in [4.69, 9.17) is 4.74 Å². The Morgan fingerprint density at radius 1 is 1.10 bits per heavy atom. The third-order valence-corrected chi connectivity index (χ3v) is 8.40. The number of rotatable bonds is 4. The number of hydrogen-bond donors (Lipinski definition) is 2. The maximum atomic E-state index is 9.75. The third kappa shape index (κ3) is 3.24. The number of aromatic hydroxyl groups is 1. The normalized spacial score (nSPS) is 32.9. The number of phenolic OH excluding ortho intramolecular Hbond substituents is 1. The smallest absolute Gasteiger partial charge is 0.119 e. The summed E-state index contributed by atoms with van der Waals surface area (Å²) in [6, 6.07) is 15.0. The average Bonchev–Trinajstić information content (AvgIpc) is 3.08. The molecule has 3 heteroatoms. The fourth-order valence-corrected chi connectivity index (χ4v) is 6.93. The van der Waals surface area contributed by atoms with E-state index in [1.54, 1.807) is 18.7 Å². The van der Waals surface area contributed by atoms with Crippen LogP contribution >= 0.6 is 0 Å². The minimum atomic E-state index is 0.359. The molecule has 3 aliphatic carbocycles. The fraction of sp³-hybridized carbons (Fsp3) is 0.538. The van der Waals surface area contributed by atoms with Crippen LogP contribution in [0.2, 0.25) is 0 Å². The number of phenols is 1. The van der Waals surface area contributed by atoms with Crippen LogP contribution in [0.15, 0.2) is 42.5 Å². The van der Waals surface area contributed by atoms with Crippen molar-refractivity contribution in [3.05, 3.63) is 59.2 Å². The highest BCUT2D eigenvalue weighted by Gasteiger charge is 2.54. The van der Waals surface area contributed by atoms with Gasteiger partial charge in [-0.25, -0.2) is 0 Å². The number of fused-ring (bicyclic) bond motifs is 5. The Kier molecular flexibility index (Phi) is 4.82. The molecule has 0 bridgehead atoms. The van der Waals surface area contributed by atoms with Crippen molar-refractivity contribution in [3.8, 4) is 11.5 Å². The molecular formula is C26H33NO2. The van der Waals surface area contributed by atoms with Crippen LogP contribution in [0.1, 0.15) is 61.6 Å². The Morgan fingerprint density at radius 3 is 2.83 bits per heavy atom. The molecule has 2 fully saturated rings. The lowest BCUT2D eigenvalue weighted by molar-refractivity contribution is 0.0408. The maximum Gasteiger partial charge on any atom is 0.119 e. The molecule has 0 aromatic heterocycles. The molecule has 3 aliphatic rings. The van der Waals surface area contributed by atoms with E-state index >= 15 is 0 Å². The van der Waals surface area contributed by atoms with Crippen molar-refractivity contribution in [1.82, 2.24) is 5.32 Å². The number of benzene rings is 2. The van der Waals surface area contributed by atoms with Crippen molar-refractivity contribution in [2.45, 2.75) is 64.0 Å². The molecule has 0 heterocycles. The Bertz CT molecular complexity index is 894. The summed E-state index contributed by atoms with van der Waals surface area (Å²) in [4.78, 5) is 0. The molecule has 0 amide bonds. The summed E-state index contributed by atoms with van der Waals surface area (Å²) in [7, 11) is 1.77. The van der Waals surface area contributed by atoms with Gasteiger partial charge in [-0.1, -0.05) is 25.1 Å². The maximum absolute atomic E-state index is 9.75. The van der Waals surface area contributed by atoms with Crippen molar-refractivity contribution >= 4 is 0 Å². The van der Waals surface area contributed by atoms with Gasteiger partial charge in [-0.3, -0.25) is 0 Å². The van der Waals surface area contributed by atoms with Gasteiger partial charge < -0.3 is 15.2 Å². The van der Waals surface area contributed by atoms with Crippen LogP contribution in [0, 0.1) is 17.3 Å². The molecule has 2 saturated carbocycles. The minimum absolute atomic E-state index is 0.359. The van der Waals surface area contributed by atoms with E-state index in [9.17, 15) is 5.11 Å². The first-order chi connectivity index (χ1) is 14.1. The first-order valence-corrected chi connectivity index (χ1v) is 11.3. The molecule has 2 aromatic carbocycles. The molecule has 2 N–H and O–H groups in total. The minimum Gasteiger partial charge on any atom is -0.508 e. The lowest BCUT2D eigenvalue weighted by atomic mass is 9.55. The third-order valence-electron chi connectivity index (χ3n) is 8.40. The average molecular weight is 392 g/mol. The second-order valence-electron chi connectivity index (χ2n) is 9.71. The summed E-state index contributed by atoms with van der Waals surface area (Å²) < 4.78 is 5.46. The summed E-state index contributed by atoms with van der Waals surface area (Å²) in [6.45, 7) is 3.39. The first kappa shape index (κ1) is 19.0. The van der Waals surface area contributed by atoms with E-state index < -0.39 is 0 Å².